The fourth-order valence-corrected chi connectivity index (χ4v) is 3.60. The summed E-state index contributed by atoms with van der Waals surface area (Å²) in [5, 5.41) is 0. The second-order valence-corrected chi connectivity index (χ2v) is 6.80. The lowest BCUT2D eigenvalue weighted by molar-refractivity contribution is 0.420. The zero-order chi connectivity index (χ0) is 13.5. The molecule has 1 aliphatic heterocycles. The van der Waals surface area contributed by atoms with Crippen LogP contribution in [0.15, 0.2) is 18.2 Å². The minimum absolute atomic E-state index is 0.229. The maximum absolute atomic E-state index is 6.21. The molecule has 0 amide bonds. The molecule has 0 spiro atoms. The number of hydrogen-bond donors (Lipinski definition) is 1. The number of nitrogens with two attached hydrogens (primary N) is 1. The Morgan fingerprint density at radius 3 is 2.58 bits per heavy atom. The summed E-state index contributed by atoms with van der Waals surface area (Å²) in [6.07, 6.45) is 8.19. The molecule has 1 heterocycles. The number of nitrogens with zero attached hydrogens (tertiary/aromatic N) is 1. The van der Waals surface area contributed by atoms with Gasteiger partial charge in [-0.1, -0.05) is 31.4 Å². The van der Waals surface area contributed by atoms with Crippen LogP contribution in [-0.2, 0) is 12.0 Å². The third-order valence-corrected chi connectivity index (χ3v) is 4.77. The highest BCUT2D eigenvalue weighted by molar-refractivity contribution is 5.60. The topological polar surface area (TPSA) is 29.3 Å². The Balaban J connectivity index is 1.85. The van der Waals surface area contributed by atoms with Gasteiger partial charge in [-0.2, -0.15) is 0 Å². The molecule has 1 saturated carbocycles. The summed E-state index contributed by atoms with van der Waals surface area (Å²) in [6, 6.07) is 7.64. The van der Waals surface area contributed by atoms with Crippen molar-refractivity contribution in [1.82, 2.24) is 0 Å². The Morgan fingerprint density at radius 1 is 1.16 bits per heavy atom. The number of hydrogen-bond acceptors (Lipinski definition) is 2. The van der Waals surface area contributed by atoms with E-state index in [2.05, 4.69) is 36.9 Å². The molecule has 0 unspecified atom stereocenters. The second kappa shape index (κ2) is 4.82. The van der Waals surface area contributed by atoms with Crippen LogP contribution in [0.25, 0.3) is 0 Å². The largest absolute Gasteiger partial charge is 0.368 e. The Bertz CT molecular complexity index is 453. The number of benzene rings is 1. The van der Waals surface area contributed by atoms with Crippen molar-refractivity contribution in [2.24, 2.45) is 5.73 Å². The molecule has 0 bridgehead atoms. The first kappa shape index (κ1) is 13.0. The molecular weight excluding hydrogens is 232 g/mol. The molecule has 3 rings (SSSR count). The van der Waals surface area contributed by atoms with E-state index in [9.17, 15) is 0 Å². The highest BCUT2D eigenvalue weighted by atomic mass is 15.2. The molecule has 1 fully saturated rings. The first-order valence-corrected chi connectivity index (χ1v) is 7.74. The van der Waals surface area contributed by atoms with Crippen molar-refractivity contribution < 1.29 is 0 Å². The number of anilines is 1. The van der Waals surface area contributed by atoms with E-state index in [0.717, 1.165) is 6.04 Å². The van der Waals surface area contributed by atoms with Gasteiger partial charge >= 0.3 is 0 Å². The predicted octanol–water partition coefficient (Wildman–Crippen LogP) is 3.58. The quantitative estimate of drug-likeness (QED) is 0.878. The van der Waals surface area contributed by atoms with Gasteiger partial charge in [0.2, 0.25) is 0 Å². The maximum Gasteiger partial charge on any atom is 0.0402 e. The van der Waals surface area contributed by atoms with Crippen LogP contribution in [0.3, 0.4) is 0 Å². The van der Waals surface area contributed by atoms with Gasteiger partial charge in [0, 0.05) is 23.8 Å². The van der Waals surface area contributed by atoms with Crippen molar-refractivity contribution in [2.75, 3.05) is 11.4 Å². The fraction of sp³-hybridized carbons (Fsp3) is 0.647. The zero-order valence-electron chi connectivity index (χ0n) is 12.3. The van der Waals surface area contributed by atoms with Gasteiger partial charge in [0.25, 0.3) is 0 Å². The van der Waals surface area contributed by atoms with Crippen molar-refractivity contribution in [1.29, 1.82) is 0 Å². The monoisotopic (exact) mass is 258 g/mol. The maximum atomic E-state index is 6.21. The molecular formula is C17H26N2. The van der Waals surface area contributed by atoms with E-state index < -0.39 is 0 Å². The molecule has 0 atom stereocenters. The minimum atomic E-state index is -0.229. The summed E-state index contributed by atoms with van der Waals surface area (Å²) in [5.41, 5.74) is 10.2. The van der Waals surface area contributed by atoms with Crippen LogP contribution in [0.4, 0.5) is 5.69 Å². The molecule has 19 heavy (non-hydrogen) atoms. The van der Waals surface area contributed by atoms with Gasteiger partial charge in [-0.3, -0.25) is 0 Å². The van der Waals surface area contributed by atoms with Crippen LogP contribution in [0.1, 0.15) is 57.1 Å². The van der Waals surface area contributed by atoms with E-state index in [1.807, 2.05) is 0 Å². The lowest BCUT2D eigenvalue weighted by atomic mass is 9.92. The normalized spacial score (nSPS) is 20.7. The van der Waals surface area contributed by atoms with E-state index in [0.29, 0.717) is 0 Å². The van der Waals surface area contributed by atoms with Crippen molar-refractivity contribution in [2.45, 2.75) is 64.0 Å². The van der Waals surface area contributed by atoms with E-state index in [4.69, 9.17) is 5.73 Å². The average molecular weight is 258 g/mol. The molecule has 1 aromatic rings. The third kappa shape index (κ3) is 2.51. The third-order valence-electron chi connectivity index (χ3n) is 4.77. The molecule has 2 aliphatic rings. The van der Waals surface area contributed by atoms with Crippen LogP contribution in [0.5, 0.6) is 0 Å². The lowest BCUT2D eigenvalue weighted by Crippen LogP contribution is -2.35. The van der Waals surface area contributed by atoms with Crippen molar-refractivity contribution in [3.63, 3.8) is 0 Å². The molecule has 1 aromatic carbocycles. The van der Waals surface area contributed by atoms with Gasteiger partial charge in [-0.15, -0.1) is 0 Å². The van der Waals surface area contributed by atoms with E-state index in [1.165, 1.54) is 61.9 Å². The fourth-order valence-electron chi connectivity index (χ4n) is 3.60. The van der Waals surface area contributed by atoms with E-state index in [1.54, 1.807) is 0 Å². The number of rotatable bonds is 2. The van der Waals surface area contributed by atoms with E-state index >= 15 is 0 Å². The van der Waals surface area contributed by atoms with Crippen LogP contribution >= 0.6 is 0 Å². The summed E-state index contributed by atoms with van der Waals surface area (Å²) in [6.45, 7) is 5.37. The first-order chi connectivity index (χ1) is 9.05. The first-order valence-electron chi connectivity index (χ1n) is 7.74. The Hall–Kier alpha value is -1.02. The van der Waals surface area contributed by atoms with Crippen LogP contribution in [-0.4, -0.2) is 12.6 Å². The molecule has 2 heteroatoms. The summed E-state index contributed by atoms with van der Waals surface area (Å²) in [7, 11) is 0. The lowest BCUT2D eigenvalue weighted by Gasteiger charge is -2.33. The molecule has 104 valence electrons. The molecule has 0 aromatic heterocycles. The second-order valence-electron chi connectivity index (χ2n) is 6.80. The Labute approximate surface area is 117 Å². The average Bonchev–Trinajstić information content (AvgIpc) is 2.81. The summed E-state index contributed by atoms with van der Waals surface area (Å²) in [4.78, 5) is 2.65. The van der Waals surface area contributed by atoms with Crippen molar-refractivity contribution in [3.05, 3.63) is 29.3 Å². The minimum Gasteiger partial charge on any atom is -0.368 e. The Morgan fingerprint density at radius 2 is 1.89 bits per heavy atom. The van der Waals surface area contributed by atoms with Gasteiger partial charge in [0.05, 0.1) is 0 Å². The van der Waals surface area contributed by atoms with Crippen LogP contribution in [0.2, 0.25) is 0 Å². The van der Waals surface area contributed by atoms with Crippen LogP contribution in [0, 0.1) is 0 Å². The molecule has 1 aliphatic carbocycles. The molecule has 2 N–H and O–H groups in total. The highest BCUT2D eigenvalue weighted by Gasteiger charge is 2.28. The number of fused-ring (bicyclic) bond motifs is 1. The predicted molar refractivity (Wildman–Crippen MR) is 81.6 cm³/mol. The standard InChI is InChI=1S/C17H26N2/c1-17(2,18)14-8-9-16-13(12-14)10-11-19(16)15-6-4-3-5-7-15/h8-9,12,15H,3-7,10-11,18H2,1-2H3. The highest BCUT2D eigenvalue weighted by Crippen LogP contribution is 2.36. The summed E-state index contributed by atoms with van der Waals surface area (Å²) in [5.74, 6) is 0. The summed E-state index contributed by atoms with van der Waals surface area (Å²) >= 11 is 0. The van der Waals surface area contributed by atoms with Gasteiger partial charge in [-0.25, -0.2) is 0 Å². The zero-order valence-corrected chi connectivity index (χ0v) is 12.3. The van der Waals surface area contributed by atoms with Gasteiger partial charge in [-0.05, 0) is 50.3 Å². The smallest absolute Gasteiger partial charge is 0.0402 e. The van der Waals surface area contributed by atoms with Gasteiger partial charge < -0.3 is 10.6 Å². The molecule has 0 saturated heterocycles. The molecule has 2 nitrogen and oxygen atoms in total. The van der Waals surface area contributed by atoms with Crippen LogP contribution < -0.4 is 10.6 Å². The Kier molecular flexibility index (Phi) is 3.30. The van der Waals surface area contributed by atoms with E-state index in [-0.39, 0.29) is 5.54 Å². The molecule has 0 radical (unpaired) electrons. The summed E-state index contributed by atoms with van der Waals surface area (Å²) < 4.78 is 0. The van der Waals surface area contributed by atoms with Crippen molar-refractivity contribution >= 4 is 5.69 Å². The SMILES string of the molecule is CC(C)(N)c1ccc2c(c1)CCN2C1CCCCC1. The van der Waals surface area contributed by atoms with Gasteiger partial charge in [0.15, 0.2) is 0 Å². The van der Waals surface area contributed by atoms with Gasteiger partial charge in [0.1, 0.15) is 0 Å². The van der Waals surface area contributed by atoms with Crippen molar-refractivity contribution in [3.8, 4) is 0 Å².